The number of carbonyl (C=O) groups excluding carboxylic acids is 1. The number of fused-ring (bicyclic) bond motifs is 2. The Bertz CT molecular complexity index is 1850. The van der Waals surface area contributed by atoms with E-state index in [1.807, 2.05) is 37.3 Å². The predicted octanol–water partition coefficient (Wildman–Crippen LogP) is 4.75. The molecule has 0 unspecified atom stereocenters. The summed E-state index contributed by atoms with van der Waals surface area (Å²) >= 11 is 7.42. The van der Waals surface area contributed by atoms with Gasteiger partial charge in [-0.25, -0.2) is 9.79 Å². The maximum atomic E-state index is 13.8. The van der Waals surface area contributed by atoms with Crippen molar-refractivity contribution in [1.82, 2.24) is 4.57 Å². The molecule has 0 fully saturated rings. The first-order valence-electron chi connectivity index (χ1n) is 12.3. The number of hydrogen-bond donors (Lipinski definition) is 0. The lowest BCUT2D eigenvalue weighted by molar-refractivity contribution is -0.139. The van der Waals surface area contributed by atoms with Gasteiger partial charge in [-0.1, -0.05) is 35.1 Å². The van der Waals surface area contributed by atoms with E-state index in [0.29, 0.717) is 54.2 Å². The van der Waals surface area contributed by atoms with E-state index in [1.165, 1.54) is 15.9 Å². The number of ether oxygens (including phenoxy) is 3. The van der Waals surface area contributed by atoms with Crippen molar-refractivity contribution in [1.29, 1.82) is 0 Å². The van der Waals surface area contributed by atoms with Crippen LogP contribution in [0.3, 0.4) is 0 Å². The smallest absolute Gasteiger partial charge is 0.338 e. The summed E-state index contributed by atoms with van der Waals surface area (Å²) in [5.74, 6) is 1.78. The van der Waals surface area contributed by atoms with E-state index in [-0.39, 0.29) is 19.0 Å². The number of rotatable bonds is 5. The normalized spacial score (nSPS) is 16.3. The summed E-state index contributed by atoms with van der Waals surface area (Å²) in [5.41, 5.74) is 3.06. The average Bonchev–Trinajstić information content (AvgIpc) is 3.64. The number of benzene rings is 2. The molecule has 2 aliphatic rings. The monoisotopic (exact) mass is 562 g/mol. The van der Waals surface area contributed by atoms with Crippen molar-refractivity contribution in [3.63, 3.8) is 0 Å². The first kappa shape index (κ1) is 25.2. The molecule has 0 saturated carbocycles. The van der Waals surface area contributed by atoms with E-state index in [1.54, 1.807) is 38.1 Å². The molecule has 2 aliphatic heterocycles. The molecule has 4 aromatic rings. The van der Waals surface area contributed by atoms with Crippen LogP contribution in [0.15, 0.2) is 74.0 Å². The molecule has 1 atom stereocenters. The standard InChI is InChI=1S/C29H23ClN2O6S/c1-4-35-28(34)25-16(3)31-29-32(26(25)17-6-9-22-23(11-17)37-14-36-22)27(33)24(39-29)13-19-8-10-21(38-19)20-12-18(30)7-5-15(20)2/h5-13,26H,4,14H2,1-3H3/b24-13-/t26-/m1/s1. The molecular weight excluding hydrogens is 540 g/mol. The van der Waals surface area contributed by atoms with E-state index >= 15 is 0 Å². The van der Waals surface area contributed by atoms with E-state index in [0.717, 1.165) is 11.1 Å². The lowest BCUT2D eigenvalue weighted by atomic mass is 9.95. The largest absolute Gasteiger partial charge is 0.463 e. The number of nitrogens with zero attached hydrogens (tertiary/aromatic N) is 2. The van der Waals surface area contributed by atoms with Gasteiger partial charge < -0.3 is 18.6 Å². The zero-order chi connectivity index (χ0) is 27.3. The van der Waals surface area contributed by atoms with Gasteiger partial charge in [-0.3, -0.25) is 9.36 Å². The van der Waals surface area contributed by atoms with Gasteiger partial charge in [0, 0.05) is 16.7 Å². The highest BCUT2D eigenvalue weighted by Crippen LogP contribution is 2.38. The molecule has 198 valence electrons. The van der Waals surface area contributed by atoms with Crippen LogP contribution in [0.4, 0.5) is 0 Å². The third kappa shape index (κ3) is 4.47. The second-order valence-electron chi connectivity index (χ2n) is 9.08. The number of carbonyl (C=O) groups is 1. The molecule has 0 N–H and O–H groups in total. The van der Waals surface area contributed by atoms with Crippen LogP contribution in [-0.2, 0) is 9.53 Å². The van der Waals surface area contributed by atoms with Crippen LogP contribution in [-0.4, -0.2) is 23.9 Å². The number of allylic oxidation sites excluding steroid dienone is 1. The molecule has 0 saturated heterocycles. The predicted molar refractivity (Wildman–Crippen MR) is 147 cm³/mol. The second kappa shape index (κ2) is 9.91. The van der Waals surface area contributed by atoms with Gasteiger partial charge in [0.2, 0.25) is 6.79 Å². The third-order valence-corrected chi connectivity index (χ3v) is 7.81. The summed E-state index contributed by atoms with van der Waals surface area (Å²) in [6.07, 6.45) is 1.69. The number of aryl methyl sites for hydroxylation is 1. The maximum Gasteiger partial charge on any atom is 0.338 e. The summed E-state index contributed by atoms with van der Waals surface area (Å²) in [6, 6.07) is 13.9. The van der Waals surface area contributed by atoms with Crippen LogP contribution in [0.1, 0.15) is 36.8 Å². The van der Waals surface area contributed by atoms with Crippen LogP contribution in [0.25, 0.3) is 17.4 Å². The van der Waals surface area contributed by atoms with Crippen molar-refractivity contribution in [2.75, 3.05) is 13.4 Å². The van der Waals surface area contributed by atoms with Crippen molar-refractivity contribution in [3.05, 3.63) is 101 Å². The molecular formula is C29H23ClN2O6S. The van der Waals surface area contributed by atoms with Crippen molar-refractivity contribution >= 4 is 35.0 Å². The summed E-state index contributed by atoms with van der Waals surface area (Å²) < 4.78 is 24.4. The average molecular weight is 563 g/mol. The fraction of sp³-hybridized carbons (Fsp3) is 0.207. The molecule has 6 rings (SSSR count). The quantitative estimate of drug-likeness (QED) is 0.326. The fourth-order valence-electron chi connectivity index (χ4n) is 4.75. The van der Waals surface area contributed by atoms with Gasteiger partial charge in [0.1, 0.15) is 11.5 Å². The Morgan fingerprint density at radius 2 is 1.97 bits per heavy atom. The Morgan fingerprint density at radius 1 is 1.15 bits per heavy atom. The Hall–Kier alpha value is -4.08. The van der Waals surface area contributed by atoms with Gasteiger partial charge in [-0.2, -0.15) is 0 Å². The van der Waals surface area contributed by atoms with E-state index in [4.69, 9.17) is 30.2 Å². The minimum absolute atomic E-state index is 0.112. The first-order chi connectivity index (χ1) is 18.8. The Labute approximate surface area is 232 Å². The van der Waals surface area contributed by atoms with Crippen molar-refractivity contribution in [3.8, 4) is 22.8 Å². The number of hydrogen-bond acceptors (Lipinski definition) is 8. The zero-order valence-corrected chi connectivity index (χ0v) is 22.9. The Morgan fingerprint density at radius 3 is 2.79 bits per heavy atom. The summed E-state index contributed by atoms with van der Waals surface area (Å²) in [6.45, 7) is 5.77. The van der Waals surface area contributed by atoms with Crippen molar-refractivity contribution in [2.45, 2.75) is 26.8 Å². The number of furan rings is 1. The molecule has 39 heavy (non-hydrogen) atoms. The molecule has 2 aromatic carbocycles. The van der Waals surface area contributed by atoms with Crippen molar-refractivity contribution < 1.29 is 23.4 Å². The lowest BCUT2D eigenvalue weighted by Gasteiger charge is -2.24. The SMILES string of the molecule is CCOC(=O)C1=C(C)N=c2s/c(=C\c3ccc(-c4cc(Cl)ccc4C)o3)c(=O)n2[C@@H]1c1ccc2c(c1)OCO2. The van der Waals surface area contributed by atoms with Gasteiger partial charge in [-0.15, -0.1) is 0 Å². The van der Waals surface area contributed by atoms with Crippen LogP contribution in [0.5, 0.6) is 11.5 Å². The molecule has 8 nitrogen and oxygen atoms in total. The molecule has 10 heteroatoms. The molecule has 0 amide bonds. The highest BCUT2D eigenvalue weighted by molar-refractivity contribution is 7.07. The lowest BCUT2D eigenvalue weighted by Crippen LogP contribution is -2.39. The molecule has 2 aromatic heterocycles. The minimum Gasteiger partial charge on any atom is -0.463 e. The van der Waals surface area contributed by atoms with E-state index in [9.17, 15) is 9.59 Å². The highest BCUT2D eigenvalue weighted by atomic mass is 35.5. The number of halogens is 1. The molecule has 4 heterocycles. The van der Waals surface area contributed by atoms with E-state index in [2.05, 4.69) is 4.99 Å². The first-order valence-corrected chi connectivity index (χ1v) is 13.5. The third-order valence-electron chi connectivity index (χ3n) is 6.59. The fourth-order valence-corrected chi connectivity index (χ4v) is 5.95. The zero-order valence-electron chi connectivity index (χ0n) is 21.3. The number of thiazole rings is 1. The topological polar surface area (TPSA) is 92.3 Å². The summed E-state index contributed by atoms with van der Waals surface area (Å²) in [5, 5.41) is 0.609. The minimum atomic E-state index is -0.752. The van der Waals surface area contributed by atoms with Crippen LogP contribution < -0.4 is 24.4 Å². The molecule has 0 aliphatic carbocycles. The van der Waals surface area contributed by atoms with Crippen LogP contribution in [0, 0.1) is 6.92 Å². The van der Waals surface area contributed by atoms with Gasteiger partial charge >= 0.3 is 5.97 Å². The van der Waals surface area contributed by atoms with Gasteiger partial charge in [0.25, 0.3) is 5.56 Å². The Balaban J connectivity index is 1.48. The van der Waals surface area contributed by atoms with Crippen LogP contribution in [0.2, 0.25) is 5.02 Å². The number of aromatic nitrogens is 1. The molecule has 0 bridgehead atoms. The Kier molecular flexibility index (Phi) is 6.40. The van der Waals surface area contributed by atoms with Crippen LogP contribution >= 0.6 is 22.9 Å². The second-order valence-corrected chi connectivity index (χ2v) is 10.5. The maximum absolute atomic E-state index is 13.8. The number of esters is 1. The van der Waals surface area contributed by atoms with Crippen molar-refractivity contribution in [2.24, 2.45) is 4.99 Å². The summed E-state index contributed by atoms with van der Waals surface area (Å²) in [7, 11) is 0. The van der Waals surface area contributed by atoms with Gasteiger partial charge in [-0.05, 0) is 68.3 Å². The van der Waals surface area contributed by atoms with Gasteiger partial charge in [0.05, 0.1) is 28.5 Å². The molecule has 0 spiro atoms. The van der Waals surface area contributed by atoms with E-state index < -0.39 is 12.0 Å². The van der Waals surface area contributed by atoms with Gasteiger partial charge in [0.15, 0.2) is 16.3 Å². The highest BCUT2D eigenvalue weighted by Gasteiger charge is 2.34. The molecule has 0 radical (unpaired) electrons. The summed E-state index contributed by atoms with van der Waals surface area (Å²) in [4.78, 5) is 32.0.